The van der Waals surface area contributed by atoms with Crippen LogP contribution in [-0.4, -0.2) is 23.9 Å². The maximum atomic E-state index is 11.3. The Hall–Kier alpha value is -1.33. The number of thiophene rings is 1. The van der Waals surface area contributed by atoms with Gasteiger partial charge in [-0.05, 0) is 12.0 Å². The van der Waals surface area contributed by atoms with E-state index >= 15 is 0 Å². The number of hydrogen-bond acceptors (Lipinski definition) is 4. The van der Waals surface area contributed by atoms with Crippen LogP contribution in [-0.2, 0) is 13.0 Å². The molecule has 0 aliphatic carbocycles. The van der Waals surface area contributed by atoms with E-state index in [-0.39, 0.29) is 0 Å². The summed E-state index contributed by atoms with van der Waals surface area (Å²) in [4.78, 5) is 14.7. The number of carbonyl (C=O) groups excluding carboxylic acids is 1. The summed E-state index contributed by atoms with van der Waals surface area (Å²) in [6.45, 7) is 6.35. The minimum atomic E-state index is -0.410. The van der Waals surface area contributed by atoms with Gasteiger partial charge in [-0.3, -0.25) is 9.69 Å². The van der Waals surface area contributed by atoms with Gasteiger partial charge in [0.1, 0.15) is 0 Å². The van der Waals surface area contributed by atoms with E-state index in [4.69, 9.17) is 11.5 Å². The molecule has 5 heteroatoms. The molecule has 16 heavy (non-hydrogen) atoms. The topological polar surface area (TPSA) is 72.3 Å². The number of carbonyl (C=O) groups is 1. The first-order chi connectivity index (χ1) is 7.63. The summed E-state index contributed by atoms with van der Waals surface area (Å²) in [6.07, 6.45) is 2.73. The van der Waals surface area contributed by atoms with E-state index in [0.29, 0.717) is 10.6 Å². The number of rotatable bonds is 3. The minimum Gasteiger partial charge on any atom is -0.390 e. The predicted molar refractivity (Wildman–Crippen MR) is 66.4 cm³/mol. The van der Waals surface area contributed by atoms with E-state index in [1.54, 1.807) is 0 Å². The predicted octanol–water partition coefficient (Wildman–Crippen LogP) is 0.973. The van der Waals surface area contributed by atoms with Gasteiger partial charge in [0.15, 0.2) is 0 Å². The molecule has 1 aromatic heterocycles. The lowest BCUT2D eigenvalue weighted by Gasteiger charge is -2.25. The Morgan fingerprint density at radius 1 is 1.62 bits per heavy atom. The highest BCUT2D eigenvalue weighted by Gasteiger charge is 2.25. The molecule has 0 unspecified atom stereocenters. The molecule has 0 atom stereocenters. The molecule has 4 nitrogen and oxygen atoms in total. The Labute approximate surface area is 98.5 Å². The molecule has 0 spiro atoms. The van der Waals surface area contributed by atoms with Crippen molar-refractivity contribution < 1.29 is 4.79 Å². The third-order valence-corrected chi connectivity index (χ3v) is 3.84. The van der Waals surface area contributed by atoms with Gasteiger partial charge in [-0.2, -0.15) is 0 Å². The number of nitrogens with two attached hydrogens (primary N) is 2. The molecule has 0 radical (unpaired) electrons. The summed E-state index contributed by atoms with van der Waals surface area (Å²) in [5.41, 5.74) is 12.7. The van der Waals surface area contributed by atoms with E-state index < -0.39 is 5.91 Å². The molecule has 1 aliphatic heterocycles. The molecular formula is C11H15N3OS. The van der Waals surface area contributed by atoms with Crippen LogP contribution in [0.1, 0.15) is 20.8 Å². The van der Waals surface area contributed by atoms with Crippen molar-refractivity contribution in [2.24, 2.45) is 5.73 Å². The van der Waals surface area contributed by atoms with Crippen LogP contribution >= 0.6 is 11.3 Å². The van der Waals surface area contributed by atoms with Gasteiger partial charge in [0.25, 0.3) is 5.91 Å². The van der Waals surface area contributed by atoms with Crippen LogP contribution < -0.4 is 11.5 Å². The molecule has 2 rings (SSSR count). The molecule has 4 N–H and O–H groups in total. The fraction of sp³-hybridized carbons (Fsp3) is 0.364. The standard InChI is InChI=1S/C11H15N3OS/c1-2-4-14-5-3-7-8(6-14)16-11(13)9(7)10(12)15/h2H,1,3-6,13H2,(H2,12,15). The van der Waals surface area contributed by atoms with Gasteiger partial charge in [0.05, 0.1) is 10.6 Å². The summed E-state index contributed by atoms with van der Waals surface area (Å²) < 4.78 is 0. The summed E-state index contributed by atoms with van der Waals surface area (Å²) in [6, 6.07) is 0. The van der Waals surface area contributed by atoms with Crippen LogP contribution in [0.3, 0.4) is 0 Å². The molecule has 0 fully saturated rings. The molecule has 0 bridgehead atoms. The van der Waals surface area contributed by atoms with Crippen molar-refractivity contribution in [1.82, 2.24) is 4.90 Å². The molecule has 1 aliphatic rings. The van der Waals surface area contributed by atoms with Gasteiger partial charge in [-0.25, -0.2) is 0 Å². The van der Waals surface area contributed by atoms with E-state index in [2.05, 4.69) is 11.5 Å². The lowest BCUT2D eigenvalue weighted by molar-refractivity contribution is 0.1000. The zero-order valence-electron chi connectivity index (χ0n) is 9.03. The average Bonchev–Trinajstić information content (AvgIpc) is 2.53. The lowest BCUT2D eigenvalue weighted by atomic mass is 10.0. The summed E-state index contributed by atoms with van der Waals surface area (Å²) in [5.74, 6) is -0.410. The number of amides is 1. The Bertz CT molecular complexity index is 439. The second kappa shape index (κ2) is 4.27. The van der Waals surface area contributed by atoms with Gasteiger partial charge >= 0.3 is 0 Å². The fourth-order valence-corrected chi connectivity index (χ4v) is 3.25. The first kappa shape index (κ1) is 11.2. The smallest absolute Gasteiger partial charge is 0.251 e. The molecule has 0 saturated carbocycles. The van der Waals surface area contributed by atoms with E-state index in [1.165, 1.54) is 16.2 Å². The minimum absolute atomic E-state index is 0.410. The maximum absolute atomic E-state index is 11.3. The third-order valence-electron chi connectivity index (χ3n) is 2.80. The number of nitrogens with zero attached hydrogens (tertiary/aromatic N) is 1. The van der Waals surface area contributed by atoms with E-state index in [0.717, 1.165) is 31.6 Å². The molecule has 0 saturated heterocycles. The largest absolute Gasteiger partial charge is 0.390 e. The van der Waals surface area contributed by atoms with Gasteiger partial charge in [0, 0.05) is 24.5 Å². The number of nitrogen functional groups attached to an aromatic ring is 1. The van der Waals surface area contributed by atoms with Crippen molar-refractivity contribution in [1.29, 1.82) is 0 Å². The molecule has 2 heterocycles. The number of anilines is 1. The van der Waals surface area contributed by atoms with E-state index in [1.807, 2.05) is 6.08 Å². The van der Waals surface area contributed by atoms with Crippen LogP contribution in [0.25, 0.3) is 0 Å². The highest BCUT2D eigenvalue weighted by atomic mass is 32.1. The van der Waals surface area contributed by atoms with Crippen molar-refractivity contribution in [3.63, 3.8) is 0 Å². The quantitative estimate of drug-likeness (QED) is 0.769. The van der Waals surface area contributed by atoms with Gasteiger partial charge < -0.3 is 11.5 Å². The zero-order valence-corrected chi connectivity index (χ0v) is 9.85. The zero-order chi connectivity index (χ0) is 11.7. The molecular weight excluding hydrogens is 222 g/mol. The Morgan fingerprint density at radius 2 is 2.38 bits per heavy atom. The van der Waals surface area contributed by atoms with Crippen molar-refractivity contribution in [2.75, 3.05) is 18.8 Å². The molecule has 1 aromatic rings. The highest BCUT2D eigenvalue weighted by Crippen LogP contribution is 2.34. The number of hydrogen-bond donors (Lipinski definition) is 2. The summed E-state index contributed by atoms with van der Waals surface area (Å²) in [7, 11) is 0. The van der Waals surface area contributed by atoms with Gasteiger partial charge in [0.2, 0.25) is 0 Å². The van der Waals surface area contributed by atoms with Crippen molar-refractivity contribution in [2.45, 2.75) is 13.0 Å². The SMILES string of the molecule is C=CCN1CCc2c(sc(N)c2C(N)=O)C1. The Kier molecular flexibility index (Phi) is 2.98. The van der Waals surface area contributed by atoms with Crippen molar-refractivity contribution in [3.8, 4) is 0 Å². The Morgan fingerprint density at radius 3 is 3.00 bits per heavy atom. The maximum Gasteiger partial charge on any atom is 0.251 e. The molecule has 1 amide bonds. The highest BCUT2D eigenvalue weighted by molar-refractivity contribution is 7.16. The second-order valence-corrected chi connectivity index (χ2v) is 5.02. The van der Waals surface area contributed by atoms with Crippen LogP contribution in [0, 0.1) is 0 Å². The van der Waals surface area contributed by atoms with Crippen molar-refractivity contribution >= 4 is 22.2 Å². The first-order valence-corrected chi connectivity index (χ1v) is 5.98. The fourth-order valence-electron chi connectivity index (χ4n) is 2.09. The van der Waals surface area contributed by atoms with Crippen LogP contribution in [0.5, 0.6) is 0 Å². The van der Waals surface area contributed by atoms with Gasteiger partial charge in [-0.15, -0.1) is 17.9 Å². The number of fused-ring (bicyclic) bond motifs is 1. The van der Waals surface area contributed by atoms with Crippen LogP contribution in [0.2, 0.25) is 0 Å². The van der Waals surface area contributed by atoms with Crippen LogP contribution in [0.15, 0.2) is 12.7 Å². The number of primary amides is 1. The monoisotopic (exact) mass is 237 g/mol. The van der Waals surface area contributed by atoms with E-state index in [9.17, 15) is 4.79 Å². The van der Waals surface area contributed by atoms with Crippen LogP contribution in [0.4, 0.5) is 5.00 Å². The lowest BCUT2D eigenvalue weighted by Crippen LogP contribution is -2.30. The normalized spacial score (nSPS) is 15.8. The second-order valence-electron chi connectivity index (χ2n) is 3.88. The summed E-state index contributed by atoms with van der Waals surface area (Å²) >= 11 is 1.48. The average molecular weight is 237 g/mol. The molecule has 86 valence electrons. The van der Waals surface area contributed by atoms with Crippen molar-refractivity contribution in [3.05, 3.63) is 28.7 Å². The summed E-state index contributed by atoms with van der Waals surface area (Å²) in [5, 5.41) is 0.554. The Balaban J connectivity index is 2.31. The third kappa shape index (κ3) is 1.83. The van der Waals surface area contributed by atoms with Gasteiger partial charge in [-0.1, -0.05) is 6.08 Å². The molecule has 0 aromatic carbocycles. The first-order valence-electron chi connectivity index (χ1n) is 5.16.